The first kappa shape index (κ1) is 16.3. The number of halogens is 2. The molecule has 3 unspecified atom stereocenters. The Morgan fingerprint density at radius 2 is 2.24 bits per heavy atom. The van der Waals surface area contributed by atoms with Crippen LogP contribution in [0.2, 0.25) is 5.15 Å². The first-order chi connectivity index (χ1) is 9.61. The van der Waals surface area contributed by atoms with Crippen LogP contribution in [0.3, 0.4) is 0 Å². The van der Waals surface area contributed by atoms with Gasteiger partial charge in [-0.2, -0.15) is 5.26 Å². The fraction of sp³-hybridized carbons (Fsp3) is 0.615. The highest BCUT2D eigenvalue weighted by molar-refractivity contribution is 7.12. The van der Waals surface area contributed by atoms with Crippen molar-refractivity contribution in [2.45, 2.75) is 49.4 Å². The van der Waals surface area contributed by atoms with Gasteiger partial charge in [0.15, 0.2) is 6.19 Å². The van der Waals surface area contributed by atoms with Crippen LogP contribution < -0.4 is 11.1 Å². The molecule has 1 fully saturated rings. The number of nitrogens with one attached hydrogen (secondary N) is 1. The zero-order valence-corrected chi connectivity index (χ0v) is 14.2. The van der Waals surface area contributed by atoms with Crippen LogP contribution in [0.5, 0.6) is 0 Å². The van der Waals surface area contributed by atoms with Crippen LogP contribution in [0.25, 0.3) is 0 Å². The molecule has 0 bridgehead atoms. The number of aromatic nitrogens is 1. The number of carbonyl (C=O) groups excluding carboxylic acids is 1. The van der Waals surface area contributed by atoms with E-state index in [0.29, 0.717) is 16.6 Å². The van der Waals surface area contributed by atoms with E-state index in [0.717, 1.165) is 4.88 Å². The predicted octanol–water partition coefficient (Wildman–Crippen LogP) is 2.48. The molecule has 8 heteroatoms. The number of primary amides is 1. The van der Waals surface area contributed by atoms with Crippen molar-refractivity contribution in [1.82, 2.24) is 10.3 Å². The highest BCUT2D eigenvalue weighted by Crippen LogP contribution is 2.53. The molecule has 0 spiro atoms. The Bertz CT molecular complexity index is 619. The molecule has 0 aromatic carbocycles. The van der Waals surface area contributed by atoms with E-state index in [1.54, 1.807) is 0 Å². The number of nitrogens with zero attached hydrogens (tertiary/aromatic N) is 2. The Balaban J connectivity index is 2.42. The van der Waals surface area contributed by atoms with Gasteiger partial charge in [-0.25, -0.2) is 4.98 Å². The van der Waals surface area contributed by atoms with E-state index >= 15 is 0 Å². The molecular weight excluding hydrogens is 331 g/mol. The normalized spacial score (nSPS) is 28.6. The average molecular weight is 347 g/mol. The monoisotopic (exact) mass is 346 g/mol. The van der Waals surface area contributed by atoms with Gasteiger partial charge in [-0.3, -0.25) is 4.79 Å². The Kier molecular flexibility index (Phi) is 4.13. The third-order valence-electron chi connectivity index (χ3n) is 3.62. The van der Waals surface area contributed by atoms with E-state index in [4.69, 9.17) is 34.2 Å². The number of alkyl halides is 1. The average Bonchev–Trinajstić information content (AvgIpc) is 2.69. The maximum atomic E-state index is 11.6. The zero-order chi connectivity index (χ0) is 16.0. The van der Waals surface area contributed by atoms with Crippen LogP contribution in [-0.2, 0) is 10.2 Å². The zero-order valence-electron chi connectivity index (χ0n) is 11.9. The molecule has 0 aliphatic heterocycles. The number of nitriles is 1. The van der Waals surface area contributed by atoms with E-state index in [2.05, 4.69) is 10.3 Å². The van der Waals surface area contributed by atoms with E-state index in [-0.39, 0.29) is 11.5 Å². The summed E-state index contributed by atoms with van der Waals surface area (Å²) in [5, 5.41) is 12.5. The molecule has 114 valence electrons. The van der Waals surface area contributed by atoms with Gasteiger partial charge in [0.1, 0.15) is 15.0 Å². The molecule has 1 aliphatic rings. The molecule has 1 aliphatic carbocycles. The molecule has 3 atom stereocenters. The highest BCUT2D eigenvalue weighted by Gasteiger charge is 2.59. The number of rotatable bonds is 3. The Morgan fingerprint density at radius 1 is 1.62 bits per heavy atom. The Morgan fingerprint density at radius 3 is 2.67 bits per heavy atom. The Labute approximate surface area is 137 Å². The lowest BCUT2D eigenvalue weighted by Crippen LogP contribution is -2.62. The minimum Gasteiger partial charge on any atom is -0.368 e. The first-order valence-corrected chi connectivity index (χ1v) is 7.98. The van der Waals surface area contributed by atoms with Gasteiger partial charge >= 0.3 is 0 Å². The number of thiazole rings is 1. The van der Waals surface area contributed by atoms with Crippen molar-refractivity contribution < 1.29 is 4.79 Å². The molecule has 5 nitrogen and oxygen atoms in total. The van der Waals surface area contributed by atoms with Gasteiger partial charge in [0, 0.05) is 10.9 Å². The van der Waals surface area contributed by atoms with Gasteiger partial charge in [-0.1, -0.05) is 32.4 Å². The van der Waals surface area contributed by atoms with Gasteiger partial charge in [0.2, 0.25) is 5.91 Å². The summed E-state index contributed by atoms with van der Waals surface area (Å²) < 4.78 is 0. The van der Waals surface area contributed by atoms with Crippen molar-refractivity contribution in [2.75, 3.05) is 0 Å². The van der Waals surface area contributed by atoms with Crippen LogP contribution in [0.4, 0.5) is 0 Å². The van der Waals surface area contributed by atoms with Gasteiger partial charge in [0.05, 0.1) is 5.92 Å². The molecule has 1 aromatic heterocycles. The third-order valence-corrected chi connectivity index (χ3v) is 6.15. The standard InChI is InChI=1S/C13H16Cl2N4OS/c1-12(2,3)8-9(14)19-10(21-8)7-6(18-5-16)4-13(7,15)11(17)20/h6-7,18H,4H2,1-3H3,(H2,17,20). The predicted molar refractivity (Wildman–Crippen MR) is 83.5 cm³/mol. The Hall–Kier alpha value is -1.03. The van der Waals surface area contributed by atoms with Crippen LogP contribution in [-0.4, -0.2) is 21.8 Å². The molecule has 1 heterocycles. The summed E-state index contributed by atoms with van der Waals surface area (Å²) in [4.78, 5) is 15.7. The van der Waals surface area contributed by atoms with Gasteiger partial charge in [-0.15, -0.1) is 22.9 Å². The van der Waals surface area contributed by atoms with Gasteiger partial charge in [-0.05, 0) is 11.8 Å². The SMILES string of the molecule is CC(C)(C)c1sc(C2C(NC#N)CC2(Cl)C(N)=O)nc1Cl. The molecular formula is C13H16Cl2N4OS. The summed E-state index contributed by atoms with van der Waals surface area (Å²) in [6, 6.07) is -0.255. The number of nitrogens with two attached hydrogens (primary N) is 1. The van der Waals surface area contributed by atoms with E-state index in [1.807, 2.05) is 27.0 Å². The molecule has 1 saturated carbocycles. The van der Waals surface area contributed by atoms with Gasteiger partial charge < -0.3 is 11.1 Å². The molecule has 21 heavy (non-hydrogen) atoms. The summed E-state index contributed by atoms with van der Waals surface area (Å²) in [7, 11) is 0. The number of carbonyl (C=O) groups is 1. The van der Waals surface area contributed by atoms with Gasteiger partial charge in [0.25, 0.3) is 0 Å². The largest absolute Gasteiger partial charge is 0.368 e. The maximum absolute atomic E-state index is 11.6. The lowest BCUT2D eigenvalue weighted by Gasteiger charge is -2.47. The van der Waals surface area contributed by atoms with E-state index < -0.39 is 16.7 Å². The summed E-state index contributed by atoms with van der Waals surface area (Å²) in [5.74, 6) is -1.05. The number of amides is 1. The van der Waals surface area contributed by atoms with Crippen molar-refractivity contribution in [1.29, 1.82) is 5.26 Å². The minimum atomic E-state index is -1.22. The van der Waals surface area contributed by atoms with Crippen molar-refractivity contribution in [3.05, 3.63) is 15.0 Å². The summed E-state index contributed by atoms with van der Waals surface area (Å²) >= 11 is 14.0. The third kappa shape index (κ3) is 2.70. The molecule has 1 aromatic rings. The van der Waals surface area contributed by atoms with E-state index in [9.17, 15) is 4.79 Å². The van der Waals surface area contributed by atoms with Crippen LogP contribution >= 0.6 is 34.5 Å². The van der Waals surface area contributed by atoms with Crippen LogP contribution in [0.1, 0.15) is 43.0 Å². The van der Waals surface area contributed by atoms with Crippen LogP contribution in [0.15, 0.2) is 0 Å². The highest BCUT2D eigenvalue weighted by atomic mass is 35.5. The number of hydrogen-bond donors (Lipinski definition) is 2. The summed E-state index contributed by atoms with van der Waals surface area (Å²) in [5.41, 5.74) is 5.25. The molecule has 0 saturated heterocycles. The maximum Gasteiger partial charge on any atom is 0.239 e. The number of hydrogen-bond acceptors (Lipinski definition) is 5. The topological polar surface area (TPSA) is 91.8 Å². The fourth-order valence-corrected chi connectivity index (χ4v) is 4.78. The van der Waals surface area contributed by atoms with E-state index in [1.165, 1.54) is 11.3 Å². The lowest BCUT2D eigenvalue weighted by atomic mass is 9.68. The van der Waals surface area contributed by atoms with Crippen molar-refractivity contribution in [2.24, 2.45) is 5.73 Å². The molecule has 0 radical (unpaired) electrons. The van der Waals surface area contributed by atoms with Crippen molar-refractivity contribution in [3.63, 3.8) is 0 Å². The second kappa shape index (κ2) is 5.31. The van der Waals surface area contributed by atoms with Crippen molar-refractivity contribution >= 4 is 40.4 Å². The minimum absolute atomic E-state index is 0.156. The van der Waals surface area contributed by atoms with Crippen LogP contribution in [0, 0.1) is 11.5 Å². The smallest absolute Gasteiger partial charge is 0.239 e. The summed E-state index contributed by atoms with van der Waals surface area (Å²) in [6.45, 7) is 6.10. The lowest BCUT2D eigenvalue weighted by molar-refractivity contribution is -0.124. The molecule has 1 amide bonds. The first-order valence-electron chi connectivity index (χ1n) is 6.41. The summed E-state index contributed by atoms with van der Waals surface area (Å²) in [6.07, 6.45) is 2.18. The van der Waals surface area contributed by atoms with Crippen molar-refractivity contribution in [3.8, 4) is 6.19 Å². The molecule has 2 rings (SSSR count). The molecule has 3 N–H and O–H groups in total. The quantitative estimate of drug-likeness (QED) is 0.499. The second-order valence-electron chi connectivity index (χ2n) is 6.19. The second-order valence-corrected chi connectivity index (χ2v) is 8.26. The fourth-order valence-electron chi connectivity index (χ4n) is 2.47.